The van der Waals surface area contributed by atoms with Crippen molar-refractivity contribution in [2.75, 3.05) is 97.6 Å². The predicted octanol–water partition coefficient (Wildman–Crippen LogP) is 3.38. The summed E-state index contributed by atoms with van der Waals surface area (Å²) in [5, 5.41) is 13.0. The summed E-state index contributed by atoms with van der Waals surface area (Å²) in [5.74, 6) is -2.79. The molecule has 5 rings (SSSR count). The number of carbonyl (C=O) groups is 4. The Morgan fingerprint density at radius 1 is 0.667 bits per heavy atom. The van der Waals surface area contributed by atoms with E-state index in [0.29, 0.717) is 103 Å². The van der Waals surface area contributed by atoms with E-state index < -0.39 is 60.7 Å². The van der Waals surface area contributed by atoms with Crippen molar-refractivity contribution in [3.63, 3.8) is 0 Å². The van der Waals surface area contributed by atoms with E-state index in [-0.39, 0.29) is 36.8 Å². The van der Waals surface area contributed by atoms with Crippen LogP contribution in [0.15, 0.2) is 48.5 Å². The molecule has 2 aromatic rings. The number of hydrogen-bond donors (Lipinski definition) is 2. The third-order valence-electron chi connectivity index (χ3n) is 10.6. The lowest BCUT2D eigenvalue weighted by Crippen LogP contribution is -2.62. The number of aliphatic hydroxyl groups excluding tert-OH is 1. The highest BCUT2D eigenvalue weighted by Gasteiger charge is 2.52. The summed E-state index contributed by atoms with van der Waals surface area (Å²) in [6, 6.07) is 15.0. The molecule has 0 amide bonds. The van der Waals surface area contributed by atoms with Crippen molar-refractivity contribution in [3.05, 3.63) is 65.2 Å². The van der Waals surface area contributed by atoms with Crippen LogP contribution < -0.4 is 5.32 Å². The van der Waals surface area contributed by atoms with E-state index in [4.69, 9.17) is 69.1 Å². The molecule has 2 N–H and O–H groups in total. The fourth-order valence-electron chi connectivity index (χ4n) is 7.62. The van der Waals surface area contributed by atoms with Gasteiger partial charge in [-0.25, -0.2) is 0 Å². The first-order chi connectivity index (χ1) is 31.9. The fraction of sp³-hybridized carbons (Fsp3) is 0.630. The Bertz CT molecular complexity index is 1820. The summed E-state index contributed by atoms with van der Waals surface area (Å²) in [5.41, 5.74) is 3.00. The van der Waals surface area contributed by atoms with Gasteiger partial charge < -0.3 is 67.3 Å². The van der Waals surface area contributed by atoms with Gasteiger partial charge in [0.25, 0.3) is 0 Å². The smallest absolute Gasteiger partial charge is 0.303 e. The number of benzene rings is 2. The first-order valence-electron chi connectivity index (χ1n) is 22.2. The van der Waals surface area contributed by atoms with Crippen molar-refractivity contribution in [1.82, 2.24) is 4.90 Å². The van der Waals surface area contributed by atoms with Crippen molar-refractivity contribution in [1.29, 1.82) is 0 Å². The van der Waals surface area contributed by atoms with E-state index in [1.807, 2.05) is 48.5 Å². The topological polar surface area (TPSA) is 215 Å². The van der Waals surface area contributed by atoms with Gasteiger partial charge in [0.1, 0.15) is 18.8 Å². The average molecular weight is 949 g/mol. The summed E-state index contributed by atoms with van der Waals surface area (Å²) in [6.45, 7) is 10.8. The Kier molecular flexibility index (Phi) is 22.6. The van der Waals surface area contributed by atoms with Gasteiger partial charge in [-0.15, -0.1) is 0 Å². The highest BCUT2D eigenvalue weighted by molar-refractivity contribution is 7.80. The maximum absolute atomic E-state index is 12.4. The zero-order valence-electron chi connectivity index (χ0n) is 38.1. The Labute approximate surface area is 390 Å². The predicted molar refractivity (Wildman–Crippen MR) is 238 cm³/mol. The first kappa shape index (κ1) is 52.8. The number of nitrogens with one attached hydrogen (secondary N) is 1. The lowest BCUT2D eigenvalue weighted by atomic mass is 9.92. The lowest BCUT2D eigenvalue weighted by Gasteiger charge is -2.44. The van der Waals surface area contributed by atoms with Gasteiger partial charge in [-0.1, -0.05) is 48.6 Å². The molecule has 3 saturated heterocycles. The van der Waals surface area contributed by atoms with E-state index in [1.54, 1.807) is 0 Å². The number of ether oxygens (including phenoxy) is 12. The van der Waals surface area contributed by atoms with E-state index >= 15 is 0 Å². The normalized spacial score (nSPS) is 26.7. The number of anilines is 1. The molecule has 0 aromatic heterocycles. The Morgan fingerprint density at radius 2 is 1.21 bits per heavy atom. The highest BCUT2D eigenvalue weighted by Crippen LogP contribution is 2.39. The number of rotatable bonds is 13. The van der Waals surface area contributed by atoms with Crippen LogP contribution in [0.4, 0.5) is 5.69 Å². The SMILES string of the molecule is CC(=O)OC[C@H]1O[C@@H](CC(=S)Nc2cccc(C3O[C@H](CN4CCOCCOCCOCCOCCOCC4)C[C@H](c4ccc(CO)cc4)O3)c2)[C@H](OC(C)=O)[C@@H](OC(C)=O)[C@@H]1OC(C)=O. The molecular formula is C46H64N2O17S. The molecule has 366 valence electrons. The van der Waals surface area contributed by atoms with E-state index in [2.05, 4.69) is 10.2 Å². The number of thiocarbonyl (C=S) groups is 1. The molecule has 3 aliphatic rings. The van der Waals surface area contributed by atoms with Crippen LogP contribution in [0, 0.1) is 0 Å². The monoisotopic (exact) mass is 948 g/mol. The van der Waals surface area contributed by atoms with Crippen LogP contribution in [0.3, 0.4) is 0 Å². The minimum Gasteiger partial charge on any atom is -0.463 e. The lowest BCUT2D eigenvalue weighted by molar-refractivity contribution is -0.253. The van der Waals surface area contributed by atoms with E-state index in [9.17, 15) is 24.3 Å². The van der Waals surface area contributed by atoms with Gasteiger partial charge in [-0.2, -0.15) is 0 Å². The third kappa shape index (κ3) is 18.1. The molecule has 66 heavy (non-hydrogen) atoms. The Balaban J connectivity index is 1.33. The van der Waals surface area contributed by atoms with Crippen molar-refractivity contribution in [3.8, 4) is 0 Å². The second-order valence-electron chi connectivity index (χ2n) is 15.8. The summed E-state index contributed by atoms with van der Waals surface area (Å²) >= 11 is 5.82. The Morgan fingerprint density at radius 3 is 1.76 bits per heavy atom. The van der Waals surface area contributed by atoms with Gasteiger partial charge in [0.2, 0.25) is 0 Å². The Hall–Kier alpha value is -4.19. The van der Waals surface area contributed by atoms with Gasteiger partial charge in [0.15, 0.2) is 24.6 Å². The van der Waals surface area contributed by atoms with Crippen LogP contribution in [0.25, 0.3) is 0 Å². The molecule has 3 heterocycles. The molecule has 0 radical (unpaired) electrons. The highest BCUT2D eigenvalue weighted by atomic mass is 32.1. The molecule has 0 spiro atoms. The third-order valence-corrected chi connectivity index (χ3v) is 10.9. The molecular weight excluding hydrogens is 885 g/mol. The molecule has 19 nitrogen and oxygen atoms in total. The molecule has 0 bridgehead atoms. The summed E-state index contributed by atoms with van der Waals surface area (Å²) in [6.07, 6.45) is -6.94. The summed E-state index contributed by atoms with van der Waals surface area (Å²) < 4.78 is 70.2. The number of carbonyl (C=O) groups excluding carboxylic acids is 4. The van der Waals surface area contributed by atoms with Crippen molar-refractivity contribution >= 4 is 46.8 Å². The largest absolute Gasteiger partial charge is 0.463 e. The average Bonchev–Trinajstić information content (AvgIpc) is 3.27. The van der Waals surface area contributed by atoms with Crippen LogP contribution >= 0.6 is 12.2 Å². The molecule has 0 aliphatic carbocycles. The van der Waals surface area contributed by atoms with Crippen LogP contribution in [0.2, 0.25) is 0 Å². The zero-order chi connectivity index (χ0) is 47.3. The zero-order valence-corrected chi connectivity index (χ0v) is 38.9. The minimum absolute atomic E-state index is 0.0542. The first-order valence-corrected chi connectivity index (χ1v) is 22.6. The number of esters is 4. The molecule has 20 heteroatoms. The second-order valence-corrected chi connectivity index (χ2v) is 16.3. The van der Waals surface area contributed by atoms with Crippen LogP contribution in [-0.2, 0) is 82.6 Å². The summed E-state index contributed by atoms with van der Waals surface area (Å²) in [4.78, 5) is 51.2. The molecule has 2 aromatic carbocycles. The number of hydrogen-bond acceptors (Lipinski definition) is 19. The van der Waals surface area contributed by atoms with E-state index in [0.717, 1.165) is 25.0 Å². The van der Waals surface area contributed by atoms with Crippen molar-refractivity contribution in [2.24, 2.45) is 0 Å². The number of aliphatic hydroxyl groups is 1. The number of nitrogens with zero attached hydrogens (tertiary/aromatic N) is 1. The van der Waals surface area contributed by atoms with E-state index in [1.165, 1.54) is 13.8 Å². The molecule has 3 fully saturated rings. The molecule has 0 saturated carbocycles. The maximum Gasteiger partial charge on any atom is 0.303 e. The van der Waals surface area contributed by atoms with Gasteiger partial charge in [-0.05, 0) is 23.3 Å². The second kappa shape index (κ2) is 28.2. The fourth-order valence-corrected chi connectivity index (χ4v) is 7.91. The van der Waals surface area contributed by atoms with Crippen molar-refractivity contribution < 1.29 is 81.1 Å². The molecule has 1 unspecified atom stereocenters. The van der Waals surface area contributed by atoms with Gasteiger partial charge in [0, 0.05) is 71.4 Å². The molecule has 8 atom stereocenters. The van der Waals surface area contributed by atoms with Gasteiger partial charge in [0.05, 0.1) is 89.9 Å². The summed E-state index contributed by atoms with van der Waals surface area (Å²) in [7, 11) is 0. The minimum atomic E-state index is -1.32. The van der Waals surface area contributed by atoms with Crippen LogP contribution in [-0.4, -0.2) is 168 Å². The van der Waals surface area contributed by atoms with Crippen LogP contribution in [0.5, 0.6) is 0 Å². The van der Waals surface area contributed by atoms with Gasteiger partial charge in [-0.3, -0.25) is 24.1 Å². The van der Waals surface area contributed by atoms with Crippen LogP contribution in [0.1, 0.15) is 69.6 Å². The standard InChI is InChI=1S/C46H64N2O17S/c1-30(50)59-29-41-44(61-32(3)52)45(62-33(4)53)43(60-31(2)51)40(64-41)26-42(66)47-37-7-5-6-36(24-37)46-63-38(25-39(65-46)35-10-8-34(28-49)9-11-35)27-48-12-14-54-16-18-56-20-22-58-23-21-57-19-17-55-15-13-48/h5-11,24,38-41,43-46,49H,12-23,25-29H2,1-4H3,(H,47,66)/t38-,39+,40-,41+,43-,44+,45+,46?/m0/s1. The molecule has 3 aliphatic heterocycles. The van der Waals surface area contributed by atoms with Gasteiger partial charge >= 0.3 is 23.9 Å². The quantitative estimate of drug-likeness (QED) is 0.167. The van der Waals surface area contributed by atoms with Crippen molar-refractivity contribution in [2.45, 2.75) is 96.2 Å². The maximum atomic E-state index is 12.4.